The smallest absolute Gasteiger partial charge is 0.307 e. The molecule has 0 saturated heterocycles. The fraction of sp³-hybridized carbons (Fsp3) is 0.421. The van der Waals surface area contributed by atoms with Crippen LogP contribution in [0.3, 0.4) is 0 Å². The first-order chi connectivity index (χ1) is 11.0. The monoisotopic (exact) mass is 315 g/mol. The molecule has 0 bridgehead atoms. The summed E-state index contributed by atoms with van der Waals surface area (Å²) >= 11 is 0. The number of hydrogen-bond donors (Lipinski definition) is 2. The molecule has 0 heterocycles. The minimum absolute atomic E-state index is 0.348. The third-order valence-corrected chi connectivity index (χ3v) is 4.01. The van der Waals surface area contributed by atoms with E-state index in [2.05, 4.69) is 11.4 Å². The van der Waals surface area contributed by atoms with Crippen LogP contribution in [0, 0.1) is 11.8 Å². The van der Waals surface area contributed by atoms with Gasteiger partial charge in [-0.15, -0.1) is 0 Å². The van der Waals surface area contributed by atoms with Gasteiger partial charge in [-0.3, -0.25) is 4.79 Å². The van der Waals surface area contributed by atoms with E-state index < -0.39 is 5.97 Å². The van der Waals surface area contributed by atoms with Gasteiger partial charge in [-0.05, 0) is 29.4 Å². The van der Waals surface area contributed by atoms with Gasteiger partial charge in [-0.1, -0.05) is 44.2 Å². The van der Waals surface area contributed by atoms with Gasteiger partial charge in [-0.2, -0.15) is 0 Å². The van der Waals surface area contributed by atoms with Crippen molar-refractivity contribution in [3.05, 3.63) is 42.0 Å². The molecular formula is C19H25NO3. The quantitative estimate of drug-likeness (QED) is 0.780. The van der Waals surface area contributed by atoms with Gasteiger partial charge in [0.1, 0.15) is 5.75 Å². The summed E-state index contributed by atoms with van der Waals surface area (Å²) in [6.45, 7) is 5.22. The van der Waals surface area contributed by atoms with Gasteiger partial charge in [0.05, 0.1) is 13.0 Å². The van der Waals surface area contributed by atoms with Crippen molar-refractivity contribution >= 4 is 16.7 Å². The molecule has 0 amide bonds. The van der Waals surface area contributed by atoms with E-state index >= 15 is 0 Å². The van der Waals surface area contributed by atoms with Crippen LogP contribution in [0.1, 0.15) is 25.8 Å². The predicted molar refractivity (Wildman–Crippen MR) is 92.8 cm³/mol. The molecule has 0 spiro atoms. The average molecular weight is 315 g/mol. The predicted octanol–water partition coefficient (Wildman–Crippen LogP) is 3.68. The maximum Gasteiger partial charge on any atom is 0.307 e. The van der Waals surface area contributed by atoms with Crippen LogP contribution >= 0.6 is 0 Å². The van der Waals surface area contributed by atoms with Crippen LogP contribution in [0.25, 0.3) is 10.8 Å². The standard InChI is InChI=1S/C19H25NO3/c1-13(2)10-15(19(21)22)12-20-11-14-8-9-18(23-3)17-7-5-4-6-16(14)17/h4-9,13,15,20H,10-12H2,1-3H3,(H,21,22). The van der Waals surface area contributed by atoms with Crippen LogP contribution in [0.15, 0.2) is 36.4 Å². The number of carboxylic acids is 1. The summed E-state index contributed by atoms with van der Waals surface area (Å²) in [7, 11) is 1.67. The number of aliphatic carboxylic acids is 1. The van der Waals surface area contributed by atoms with Crippen molar-refractivity contribution in [3.8, 4) is 5.75 Å². The lowest BCUT2D eigenvalue weighted by molar-refractivity contribution is -0.142. The summed E-state index contributed by atoms with van der Waals surface area (Å²) in [5, 5.41) is 14.8. The molecule has 2 aromatic carbocycles. The SMILES string of the molecule is COc1ccc(CNCC(CC(C)C)C(=O)O)c2ccccc12. The van der Waals surface area contributed by atoms with Crippen molar-refractivity contribution in [2.75, 3.05) is 13.7 Å². The van der Waals surface area contributed by atoms with E-state index in [1.165, 1.54) is 0 Å². The van der Waals surface area contributed by atoms with Gasteiger partial charge in [0, 0.05) is 18.5 Å². The summed E-state index contributed by atoms with van der Waals surface area (Å²) < 4.78 is 5.40. The van der Waals surface area contributed by atoms with Crippen molar-refractivity contribution < 1.29 is 14.6 Å². The Hall–Kier alpha value is -2.07. The first-order valence-corrected chi connectivity index (χ1v) is 8.01. The first kappa shape index (κ1) is 17.3. The zero-order chi connectivity index (χ0) is 16.8. The second-order valence-electron chi connectivity index (χ2n) is 6.27. The number of nitrogens with one attached hydrogen (secondary N) is 1. The zero-order valence-corrected chi connectivity index (χ0v) is 14.0. The Morgan fingerprint density at radius 2 is 1.87 bits per heavy atom. The minimum atomic E-state index is -0.731. The van der Waals surface area contributed by atoms with E-state index in [0.29, 0.717) is 25.4 Å². The number of benzene rings is 2. The third kappa shape index (κ3) is 4.45. The van der Waals surface area contributed by atoms with Crippen molar-refractivity contribution in [2.45, 2.75) is 26.8 Å². The highest BCUT2D eigenvalue weighted by Crippen LogP contribution is 2.28. The van der Waals surface area contributed by atoms with Crippen molar-refractivity contribution in [1.29, 1.82) is 0 Å². The number of rotatable bonds is 8. The van der Waals surface area contributed by atoms with Crippen LogP contribution in [0.5, 0.6) is 5.75 Å². The highest BCUT2D eigenvalue weighted by atomic mass is 16.5. The molecule has 0 aliphatic heterocycles. The van der Waals surface area contributed by atoms with Gasteiger partial charge in [0.25, 0.3) is 0 Å². The lowest BCUT2D eigenvalue weighted by atomic mass is 9.97. The molecule has 0 fully saturated rings. The first-order valence-electron chi connectivity index (χ1n) is 8.01. The Morgan fingerprint density at radius 1 is 1.17 bits per heavy atom. The van der Waals surface area contributed by atoms with Gasteiger partial charge >= 0.3 is 5.97 Å². The summed E-state index contributed by atoms with van der Waals surface area (Å²) in [6, 6.07) is 12.1. The van der Waals surface area contributed by atoms with E-state index in [-0.39, 0.29) is 5.92 Å². The summed E-state index contributed by atoms with van der Waals surface area (Å²) in [4.78, 5) is 11.3. The van der Waals surface area contributed by atoms with E-state index in [4.69, 9.17) is 4.74 Å². The molecule has 2 aromatic rings. The highest BCUT2D eigenvalue weighted by Gasteiger charge is 2.18. The molecule has 0 radical (unpaired) electrons. The fourth-order valence-corrected chi connectivity index (χ4v) is 2.89. The minimum Gasteiger partial charge on any atom is -0.496 e. The summed E-state index contributed by atoms with van der Waals surface area (Å²) in [6.07, 6.45) is 0.686. The molecule has 2 N–H and O–H groups in total. The van der Waals surface area contributed by atoms with Crippen LogP contribution < -0.4 is 10.1 Å². The average Bonchev–Trinajstić information content (AvgIpc) is 2.53. The van der Waals surface area contributed by atoms with E-state index in [1.54, 1.807) is 7.11 Å². The molecule has 0 aliphatic carbocycles. The third-order valence-electron chi connectivity index (χ3n) is 4.01. The number of methoxy groups -OCH3 is 1. The Kier molecular flexibility index (Phi) is 5.99. The Balaban J connectivity index is 2.09. The molecule has 0 saturated carbocycles. The molecule has 23 heavy (non-hydrogen) atoms. The molecule has 4 nitrogen and oxygen atoms in total. The number of hydrogen-bond acceptors (Lipinski definition) is 3. The Morgan fingerprint density at radius 3 is 2.48 bits per heavy atom. The second-order valence-corrected chi connectivity index (χ2v) is 6.27. The van der Waals surface area contributed by atoms with Crippen LogP contribution in [-0.4, -0.2) is 24.7 Å². The number of carboxylic acid groups (broad SMARTS) is 1. The van der Waals surface area contributed by atoms with Crippen LogP contribution in [-0.2, 0) is 11.3 Å². The number of fused-ring (bicyclic) bond motifs is 1. The lowest BCUT2D eigenvalue weighted by Crippen LogP contribution is -2.29. The van der Waals surface area contributed by atoms with Gasteiger partial charge in [0.2, 0.25) is 0 Å². The van der Waals surface area contributed by atoms with Crippen molar-refractivity contribution in [1.82, 2.24) is 5.32 Å². The van der Waals surface area contributed by atoms with Crippen molar-refractivity contribution in [3.63, 3.8) is 0 Å². The van der Waals surface area contributed by atoms with Gasteiger partial charge in [0.15, 0.2) is 0 Å². The van der Waals surface area contributed by atoms with E-state index in [1.807, 2.05) is 44.2 Å². The molecule has 0 aromatic heterocycles. The lowest BCUT2D eigenvalue weighted by Gasteiger charge is -2.16. The maximum absolute atomic E-state index is 11.3. The molecular weight excluding hydrogens is 290 g/mol. The molecule has 1 atom stereocenters. The molecule has 2 rings (SSSR count). The largest absolute Gasteiger partial charge is 0.496 e. The Labute approximate surface area is 137 Å². The number of ether oxygens (including phenoxy) is 1. The van der Waals surface area contributed by atoms with Gasteiger partial charge < -0.3 is 15.2 Å². The van der Waals surface area contributed by atoms with E-state index in [9.17, 15) is 9.90 Å². The summed E-state index contributed by atoms with van der Waals surface area (Å²) in [5.74, 6) is 0.151. The molecule has 124 valence electrons. The normalized spacial score (nSPS) is 12.5. The van der Waals surface area contributed by atoms with Crippen molar-refractivity contribution in [2.24, 2.45) is 11.8 Å². The molecule has 1 unspecified atom stereocenters. The molecule has 4 heteroatoms. The zero-order valence-electron chi connectivity index (χ0n) is 14.0. The van der Waals surface area contributed by atoms with Crippen LogP contribution in [0.2, 0.25) is 0 Å². The Bertz CT molecular complexity index is 667. The van der Waals surface area contributed by atoms with Gasteiger partial charge in [-0.25, -0.2) is 0 Å². The fourth-order valence-electron chi connectivity index (χ4n) is 2.89. The topological polar surface area (TPSA) is 58.6 Å². The maximum atomic E-state index is 11.3. The number of carbonyl (C=O) groups is 1. The van der Waals surface area contributed by atoms with E-state index in [0.717, 1.165) is 22.1 Å². The molecule has 0 aliphatic rings. The second kappa shape index (κ2) is 7.97. The van der Waals surface area contributed by atoms with Crippen LogP contribution in [0.4, 0.5) is 0 Å². The highest BCUT2D eigenvalue weighted by molar-refractivity contribution is 5.91. The summed E-state index contributed by atoms with van der Waals surface area (Å²) in [5.41, 5.74) is 1.15.